The van der Waals surface area contributed by atoms with Gasteiger partial charge in [-0.25, -0.2) is 4.79 Å². The quantitative estimate of drug-likeness (QED) is 0.568. The molecule has 0 saturated heterocycles. The summed E-state index contributed by atoms with van der Waals surface area (Å²) in [4.78, 5) is 38.5. The first-order chi connectivity index (χ1) is 16.9. The van der Waals surface area contributed by atoms with Crippen LogP contribution < -0.4 is 5.32 Å². The van der Waals surface area contributed by atoms with Gasteiger partial charge in [0, 0.05) is 30.5 Å². The van der Waals surface area contributed by atoms with E-state index in [1.165, 1.54) is 22.3 Å². The van der Waals surface area contributed by atoms with Crippen LogP contribution in [0.25, 0.3) is 11.1 Å². The van der Waals surface area contributed by atoms with E-state index in [-0.39, 0.29) is 42.9 Å². The number of carbonyl (C=O) groups excluding carboxylic acids is 2. The van der Waals surface area contributed by atoms with Crippen LogP contribution in [0.3, 0.4) is 0 Å². The monoisotopic (exact) mass is 478 g/mol. The predicted octanol–water partition coefficient (Wildman–Crippen LogP) is 4.80. The largest absolute Gasteiger partial charge is 0.481 e. The number of alkyl carbamates (subject to hydrolysis) is 1. The van der Waals surface area contributed by atoms with E-state index in [1.807, 2.05) is 31.2 Å². The lowest BCUT2D eigenvalue weighted by molar-refractivity contribution is -0.142. The average Bonchev–Trinajstić information content (AvgIpc) is 3.16. The summed E-state index contributed by atoms with van der Waals surface area (Å²) in [6.45, 7) is 4.36. The molecule has 2 aliphatic rings. The van der Waals surface area contributed by atoms with Crippen LogP contribution >= 0.6 is 0 Å². The first-order valence-electron chi connectivity index (χ1n) is 12.5. The van der Waals surface area contributed by atoms with Gasteiger partial charge in [-0.2, -0.15) is 0 Å². The summed E-state index contributed by atoms with van der Waals surface area (Å²) in [5.74, 6) is -1.16. The van der Waals surface area contributed by atoms with Crippen molar-refractivity contribution in [1.29, 1.82) is 0 Å². The molecule has 7 nitrogen and oxygen atoms in total. The Morgan fingerprint density at radius 3 is 2.29 bits per heavy atom. The van der Waals surface area contributed by atoms with Crippen molar-refractivity contribution in [3.63, 3.8) is 0 Å². The SMILES string of the molecule is CCN(C(=O)[C@H]1CCC[C@@H](NC(=O)OCC2c3ccccc3-c3ccccc32)C1)C(C)CC(=O)O. The summed E-state index contributed by atoms with van der Waals surface area (Å²) in [6, 6.07) is 15.9. The second-order valence-corrected chi connectivity index (χ2v) is 9.60. The molecule has 2 aromatic rings. The highest BCUT2D eigenvalue weighted by atomic mass is 16.5. The van der Waals surface area contributed by atoms with Crippen molar-refractivity contribution in [2.75, 3.05) is 13.2 Å². The summed E-state index contributed by atoms with van der Waals surface area (Å²) in [5.41, 5.74) is 4.70. The predicted molar refractivity (Wildman–Crippen MR) is 133 cm³/mol. The molecule has 0 radical (unpaired) electrons. The van der Waals surface area contributed by atoms with Gasteiger partial charge in [0.15, 0.2) is 0 Å². The number of benzene rings is 2. The lowest BCUT2D eigenvalue weighted by atomic mass is 9.84. The zero-order valence-corrected chi connectivity index (χ0v) is 20.4. The molecule has 0 aromatic heterocycles. The topological polar surface area (TPSA) is 95.9 Å². The van der Waals surface area contributed by atoms with E-state index in [0.29, 0.717) is 13.0 Å². The zero-order valence-electron chi connectivity index (χ0n) is 20.4. The van der Waals surface area contributed by atoms with E-state index in [9.17, 15) is 14.4 Å². The molecule has 186 valence electrons. The summed E-state index contributed by atoms with van der Waals surface area (Å²) in [6.07, 6.45) is 2.38. The van der Waals surface area contributed by atoms with E-state index in [4.69, 9.17) is 9.84 Å². The second-order valence-electron chi connectivity index (χ2n) is 9.60. The Morgan fingerprint density at radius 1 is 1.06 bits per heavy atom. The van der Waals surface area contributed by atoms with Gasteiger partial charge in [0.05, 0.1) is 6.42 Å². The summed E-state index contributed by atoms with van der Waals surface area (Å²) >= 11 is 0. The molecule has 4 rings (SSSR count). The number of rotatable bonds is 8. The van der Waals surface area contributed by atoms with E-state index in [2.05, 4.69) is 29.6 Å². The van der Waals surface area contributed by atoms with Crippen LogP contribution in [-0.2, 0) is 14.3 Å². The normalized spacial score (nSPS) is 19.8. The minimum atomic E-state index is -0.915. The third-order valence-corrected chi connectivity index (χ3v) is 7.31. The molecule has 1 unspecified atom stereocenters. The third kappa shape index (κ3) is 5.50. The number of aliphatic carboxylic acids is 1. The van der Waals surface area contributed by atoms with Crippen molar-refractivity contribution >= 4 is 18.0 Å². The first kappa shape index (κ1) is 24.8. The lowest BCUT2D eigenvalue weighted by Gasteiger charge is -2.35. The molecule has 2 amide bonds. The fraction of sp³-hybridized carbons (Fsp3) is 0.464. The van der Waals surface area contributed by atoms with Crippen molar-refractivity contribution in [3.05, 3.63) is 59.7 Å². The number of ether oxygens (including phenoxy) is 1. The van der Waals surface area contributed by atoms with E-state index in [1.54, 1.807) is 11.8 Å². The van der Waals surface area contributed by atoms with E-state index < -0.39 is 12.1 Å². The summed E-state index contributed by atoms with van der Waals surface area (Å²) in [7, 11) is 0. The van der Waals surface area contributed by atoms with Gasteiger partial charge in [-0.05, 0) is 55.4 Å². The van der Waals surface area contributed by atoms with Crippen LogP contribution in [0.1, 0.15) is 63.0 Å². The summed E-state index contributed by atoms with van der Waals surface area (Å²) in [5, 5.41) is 12.1. The van der Waals surface area contributed by atoms with Gasteiger partial charge in [-0.3, -0.25) is 9.59 Å². The Bertz CT molecular complexity index is 1040. The van der Waals surface area contributed by atoms with Crippen LogP contribution in [0.4, 0.5) is 4.79 Å². The molecular weight excluding hydrogens is 444 g/mol. The van der Waals surface area contributed by atoms with Crippen molar-refractivity contribution in [2.45, 2.75) is 64.0 Å². The maximum Gasteiger partial charge on any atom is 0.407 e. The van der Waals surface area contributed by atoms with Crippen LogP contribution in [-0.4, -0.2) is 53.2 Å². The summed E-state index contributed by atoms with van der Waals surface area (Å²) < 4.78 is 5.68. The Hall–Kier alpha value is -3.35. The van der Waals surface area contributed by atoms with Crippen molar-refractivity contribution in [1.82, 2.24) is 10.2 Å². The maximum atomic E-state index is 13.1. The number of carbonyl (C=O) groups is 3. The fourth-order valence-electron chi connectivity index (χ4n) is 5.63. The molecule has 1 saturated carbocycles. The van der Waals surface area contributed by atoms with Crippen LogP contribution in [0.2, 0.25) is 0 Å². The van der Waals surface area contributed by atoms with Crippen molar-refractivity contribution in [2.24, 2.45) is 5.92 Å². The highest BCUT2D eigenvalue weighted by Gasteiger charge is 2.33. The third-order valence-electron chi connectivity index (χ3n) is 7.31. The molecule has 3 atom stereocenters. The van der Waals surface area contributed by atoms with Crippen LogP contribution in [0, 0.1) is 5.92 Å². The van der Waals surface area contributed by atoms with Gasteiger partial charge < -0.3 is 20.1 Å². The molecule has 2 N–H and O–H groups in total. The van der Waals surface area contributed by atoms with Gasteiger partial charge in [0.25, 0.3) is 0 Å². The van der Waals surface area contributed by atoms with E-state index >= 15 is 0 Å². The Kier molecular flexibility index (Phi) is 7.73. The molecule has 1 fully saturated rings. The Morgan fingerprint density at radius 2 is 1.69 bits per heavy atom. The number of carboxylic acid groups (broad SMARTS) is 1. The Labute approximate surface area is 206 Å². The van der Waals surface area contributed by atoms with Crippen molar-refractivity contribution < 1.29 is 24.2 Å². The highest BCUT2D eigenvalue weighted by Crippen LogP contribution is 2.44. The molecule has 2 aromatic carbocycles. The smallest absolute Gasteiger partial charge is 0.407 e. The molecule has 0 heterocycles. The van der Waals surface area contributed by atoms with Gasteiger partial charge in [0.2, 0.25) is 5.91 Å². The number of hydrogen-bond acceptors (Lipinski definition) is 4. The molecule has 7 heteroatoms. The average molecular weight is 479 g/mol. The van der Waals surface area contributed by atoms with E-state index in [0.717, 1.165) is 19.3 Å². The standard InChI is InChI=1S/C28H34N2O5/c1-3-30(18(2)15-26(31)32)27(33)19-9-8-10-20(16-19)29-28(34)35-17-25-23-13-6-4-11-21(23)22-12-5-7-14-24(22)25/h4-7,11-14,18-20,25H,3,8-10,15-17H2,1-2H3,(H,29,34)(H,31,32)/t18?,19-,20+/m0/s1. The number of hydrogen-bond donors (Lipinski definition) is 2. The molecule has 0 spiro atoms. The number of nitrogens with one attached hydrogen (secondary N) is 1. The fourth-order valence-corrected chi connectivity index (χ4v) is 5.63. The molecule has 2 aliphatic carbocycles. The lowest BCUT2D eigenvalue weighted by Crippen LogP contribution is -2.47. The first-order valence-corrected chi connectivity index (χ1v) is 12.5. The van der Waals surface area contributed by atoms with Gasteiger partial charge in [0.1, 0.15) is 6.61 Å². The number of carboxylic acids is 1. The number of fused-ring (bicyclic) bond motifs is 3. The number of amides is 2. The molecule has 0 bridgehead atoms. The van der Waals surface area contributed by atoms with Crippen molar-refractivity contribution in [3.8, 4) is 11.1 Å². The molecule has 35 heavy (non-hydrogen) atoms. The van der Waals surface area contributed by atoms with Crippen LogP contribution in [0.15, 0.2) is 48.5 Å². The zero-order chi connectivity index (χ0) is 24.9. The van der Waals surface area contributed by atoms with Gasteiger partial charge >= 0.3 is 12.1 Å². The van der Waals surface area contributed by atoms with Gasteiger partial charge in [-0.1, -0.05) is 55.0 Å². The second kappa shape index (κ2) is 10.9. The minimum absolute atomic E-state index is 0.00247. The molecular formula is C28H34N2O5. The minimum Gasteiger partial charge on any atom is -0.481 e. The number of nitrogens with zero attached hydrogens (tertiary/aromatic N) is 1. The Balaban J connectivity index is 1.33. The molecule has 0 aliphatic heterocycles. The maximum absolute atomic E-state index is 13.1. The highest BCUT2D eigenvalue weighted by molar-refractivity contribution is 5.81. The van der Waals surface area contributed by atoms with Crippen LogP contribution in [0.5, 0.6) is 0 Å². The van der Waals surface area contributed by atoms with Gasteiger partial charge in [-0.15, -0.1) is 0 Å².